The summed E-state index contributed by atoms with van der Waals surface area (Å²) in [5.74, 6) is -3.13. The van der Waals surface area contributed by atoms with E-state index in [4.69, 9.17) is 0 Å². The quantitative estimate of drug-likeness (QED) is 0.570. The van der Waals surface area contributed by atoms with Crippen LogP contribution in [0.3, 0.4) is 0 Å². The lowest BCUT2D eigenvalue weighted by molar-refractivity contribution is -0.115. The maximum absolute atomic E-state index is 13.7. The van der Waals surface area contributed by atoms with Gasteiger partial charge in [-0.3, -0.25) is 9.59 Å². The molecule has 0 saturated heterocycles. The molecule has 0 unspecified atom stereocenters. The van der Waals surface area contributed by atoms with Crippen molar-refractivity contribution in [1.29, 1.82) is 0 Å². The van der Waals surface area contributed by atoms with E-state index >= 15 is 0 Å². The minimum atomic E-state index is -3.73. The van der Waals surface area contributed by atoms with Crippen LogP contribution >= 0.6 is 22.7 Å². The van der Waals surface area contributed by atoms with E-state index in [1.807, 2.05) is 4.72 Å². The average Bonchev–Trinajstić information content (AvgIpc) is 3.23. The van der Waals surface area contributed by atoms with Crippen molar-refractivity contribution in [2.45, 2.75) is 13.3 Å². The number of nitrogens with zero attached hydrogens (tertiary/aromatic N) is 2. The summed E-state index contributed by atoms with van der Waals surface area (Å²) in [5.41, 5.74) is 0.530. The van der Waals surface area contributed by atoms with E-state index in [0.717, 1.165) is 41.1 Å². The molecule has 0 bridgehead atoms. The Labute approximate surface area is 178 Å². The fourth-order valence-corrected chi connectivity index (χ4v) is 4.62. The standard InChI is InChI=1S/C17H14F2N4O4S3/c1-8-14(29-16(20-8)15(25)23-30(2,26)27)12-7-28-17(21-12)22-13(24)6-9-10(18)4-3-5-11(9)19/h3-5,7H,6H2,1-2H3,(H,23,25)(H,21,22,24). The van der Waals surface area contributed by atoms with Crippen molar-refractivity contribution in [1.82, 2.24) is 14.7 Å². The molecule has 13 heteroatoms. The van der Waals surface area contributed by atoms with Gasteiger partial charge in [-0.2, -0.15) is 0 Å². The number of thiazole rings is 2. The summed E-state index contributed by atoms with van der Waals surface area (Å²) in [6.45, 7) is 1.63. The lowest BCUT2D eigenvalue weighted by Crippen LogP contribution is -2.29. The van der Waals surface area contributed by atoms with Crippen LogP contribution in [0.4, 0.5) is 13.9 Å². The maximum Gasteiger partial charge on any atom is 0.293 e. The second-order valence-corrected chi connectivity index (χ2v) is 9.71. The molecular formula is C17H14F2N4O4S3. The van der Waals surface area contributed by atoms with E-state index in [-0.39, 0.29) is 15.7 Å². The number of aryl methyl sites for hydroxylation is 1. The minimum Gasteiger partial charge on any atom is -0.302 e. The van der Waals surface area contributed by atoms with Gasteiger partial charge in [-0.05, 0) is 19.1 Å². The molecule has 0 aliphatic rings. The molecule has 0 atom stereocenters. The van der Waals surface area contributed by atoms with Gasteiger partial charge in [0.1, 0.15) is 11.6 Å². The lowest BCUT2D eigenvalue weighted by Gasteiger charge is -2.04. The van der Waals surface area contributed by atoms with E-state index in [1.165, 1.54) is 6.07 Å². The van der Waals surface area contributed by atoms with Crippen molar-refractivity contribution >= 4 is 49.6 Å². The Morgan fingerprint density at radius 1 is 1.17 bits per heavy atom. The molecule has 2 N–H and O–H groups in total. The number of aromatic nitrogens is 2. The molecule has 0 aliphatic heterocycles. The van der Waals surface area contributed by atoms with Gasteiger partial charge in [0.25, 0.3) is 5.91 Å². The normalized spacial score (nSPS) is 11.3. The van der Waals surface area contributed by atoms with Gasteiger partial charge in [-0.15, -0.1) is 22.7 Å². The molecule has 3 aromatic rings. The number of carbonyl (C=O) groups excluding carboxylic acids is 2. The van der Waals surface area contributed by atoms with Crippen molar-refractivity contribution in [2.24, 2.45) is 0 Å². The van der Waals surface area contributed by atoms with Gasteiger partial charge < -0.3 is 5.32 Å². The Hall–Kier alpha value is -2.77. The molecule has 8 nitrogen and oxygen atoms in total. The average molecular weight is 473 g/mol. The van der Waals surface area contributed by atoms with E-state index in [2.05, 4.69) is 15.3 Å². The summed E-state index contributed by atoms with van der Waals surface area (Å²) in [5, 5.41) is 4.23. The first kappa shape index (κ1) is 21.9. The van der Waals surface area contributed by atoms with Crippen LogP contribution in [-0.4, -0.2) is 36.5 Å². The molecule has 2 aromatic heterocycles. The Kier molecular flexibility index (Phi) is 6.24. The maximum atomic E-state index is 13.7. The van der Waals surface area contributed by atoms with E-state index in [0.29, 0.717) is 16.3 Å². The lowest BCUT2D eigenvalue weighted by atomic mass is 10.1. The van der Waals surface area contributed by atoms with Crippen molar-refractivity contribution in [2.75, 3.05) is 11.6 Å². The Balaban J connectivity index is 1.74. The number of benzene rings is 1. The summed E-state index contributed by atoms with van der Waals surface area (Å²) in [4.78, 5) is 32.9. The molecule has 2 amide bonds. The summed E-state index contributed by atoms with van der Waals surface area (Å²) in [7, 11) is -3.73. The van der Waals surface area contributed by atoms with Crippen LogP contribution in [0, 0.1) is 18.6 Å². The highest BCUT2D eigenvalue weighted by Gasteiger charge is 2.20. The van der Waals surface area contributed by atoms with Crippen LogP contribution in [0.2, 0.25) is 0 Å². The van der Waals surface area contributed by atoms with Crippen LogP contribution in [-0.2, 0) is 21.2 Å². The van der Waals surface area contributed by atoms with Gasteiger partial charge in [0.05, 0.1) is 28.9 Å². The van der Waals surface area contributed by atoms with E-state index in [9.17, 15) is 26.8 Å². The second-order valence-electron chi connectivity index (χ2n) is 6.10. The Bertz CT molecular complexity index is 1220. The van der Waals surface area contributed by atoms with Crippen molar-refractivity contribution in [3.8, 4) is 10.6 Å². The molecular weight excluding hydrogens is 458 g/mol. The second kappa shape index (κ2) is 8.53. The molecule has 3 rings (SSSR count). The van der Waals surface area contributed by atoms with Gasteiger partial charge in [0, 0.05) is 10.9 Å². The van der Waals surface area contributed by atoms with Crippen LogP contribution < -0.4 is 10.0 Å². The molecule has 0 fully saturated rings. The van der Waals surface area contributed by atoms with Gasteiger partial charge in [-0.25, -0.2) is 31.9 Å². The third-order valence-electron chi connectivity index (χ3n) is 3.65. The first-order chi connectivity index (χ1) is 14.0. The first-order valence-corrected chi connectivity index (χ1v) is 11.8. The number of amides is 2. The summed E-state index contributed by atoms with van der Waals surface area (Å²) >= 11 is 2.02. The fraction of sp³-hybridized carbons (Fsp3) is 0.176. The number of sulfonamides is 1. The number of hydrogen-bond donors (Lipinski definition) is 2. The molecule has 0 saturated carbocycles. The summed E-state index contributed by atoms with van der Waals surface area (Å²) in [6.07, 6.45) is 0.359. The highest BCUT2D eigenvalue weighted by Crippen LogP contribution is 2.32. The predicted octanol–water partition coefficient (Wildman–Crippen LogP) is 2.72. The number of hydrogen-bond acceptors (Lipinski definition) is 8. The topological polar surface area (TPSA) is 118 Å². The number of carbonyl (C=O) groups is 2. The zero-order valence-electron chi connectivity index (χ0n) is 15.5. The van der Waals surface area contributed by atoms with E-state index in [1.54, 1.807) is 12.3 Å². The highest BCUT2D eigenvalue weighted by atomic mass is 32.2. The number of nitrogens with one attached hydrogen (secondary N) is 2. The third-order valence-corrected chi connectivity index (χ3v) is 6.14. The van der Waals surface area contributed by atoms with Gasteiger partial charge >= 0.3 is 0 Å². The summed E-state index contributed by atoms with van der Waals surface area (Å²) < 4.78 is 51.6. The highest BCUT2D eigenvalue weighted by molar-refractivity contribution is 7.89. The van der Waals surface area contributed by atoms with Gasteiger partial charge in [-0.1, -0.05) is 6.07 Å². The monoisotopic (exact) mass is 472 g/mol. The number of anilines is 1. The molecule has 30 heavy (non-hydrogen) atoms. The molecule has 0 radical (unpaired) electrons. The van der Waals surface area contributed by atoms with Crippen LogP contribution in [0.1, 0.15) is 21.1 Å². The summed E-state index contributed by atoms with van der Waals surface area (Å²) in [6, 6.07) is 3.34. The first-order valence-electron chi connectivity index (χ1n) is 8.21. The van der Waals surface area contributed by atoms with Crippen molar-refractivity contribution in [3.63, 3.8) is 0 Å². The molecule has 2 heterocycles. The Morgan fingerprint density at radius 3 is 2.47 bits per heavy atom. The largest absolute Gasteiger partial charge is 0.302 e. The molecule has 158 valence electrons. The Morgan fingerprint density at radius 2 is 1.83 bits per heavy atom. The number of rotatable bonds is 6. The van der Waals surface area contributed by atoms with Crippen LogP contribution in [0.25, 0.3) is 10.6 Å². The molecule has 0 aliphatic carbocycles. The third kappa shape index (κ3) is 5.23. The zero-order valence-corrected chi connectivity index (χ0v) is 18.0. The van der Waals surface area contributed by atoms with E-state index < -0.39 is 39.9 Å². The zero-order chi connectivity index (χ0) is 22.1. The van der Waals surface area contributed by atoms with Crippen molar-refractivity contribution in [3.05, 3.63) is 51.5 Å². The van der Waals surface area contributed by atoms with Gasteiger partial charge in [0.2, 0.25) is 15.9 Å². The molecule has 1 aromatic carbocycles. The predicted molar refractivity (Wildman–Crippen MR) is 109 cm³/mol. The van der Waals surface area contributed by atoms with Crippen molar-refractivity contribution < 1.29 is 26.8 Å². The fourth-order valence-electron chi connectivity index (χ4n) is 2.40. The van der Waals surface area contributed by atoms with Gasteiger partial charge in [0.15, 0.2) is 10.1 Å². The molecule has 0 spiro atoms. The SMILES string of the molecule is Cc1nc(C(=O)NS(C)(=O)=O)sc1-c1csc(NC(=O)Cc2c(F)cccc2F)n1. The smallest absolute Gasteiger partial charge is 0.293 e. The van der Waals surface area contributed by atoms with Crippen LogP contribution in [0.5, 0.6) is 0 Å². The minimum absolute atomic E-state index is 0.0541. The van der Waals surface area contributed by atoms with Crippen LogP contribution in [0.15, 0.2) is 23.6 Å². The number of halogens is 2.